The van der Waals surface area contributed by atoms with Crippen molar-refractivity contribution in [3.63, 3.8) is 0 Å². The van der Waals surface area contributed by atoms with E-state index >= 15 is 0 Å². The van der Waals surface area contributed by atoms with Crippen LogP contribution >= 0.6 is 45.8 Å². The van der Waals surface area contributed by atoms with Gasteiger partial charge in [-0.05, 0) is 34.7 Å². The van der Waals surface area contributed by atoms with Crippen molar-refractivity contribution < 1.29 is 4.79 Å². The fourth-order valence-electron chi connectivity index (χ4n) is 1.55. The molecule has 0 bridgehead atoms. The summed E-state index contributed by atoms with van der Waals surface area (Å²) < 4.78 is 0.694. The van der Waals surface area contributed by atoms with Crippen molar-refractivity contribution in [1.82, 2.24) is 15.3 Å². The lowest BCUT2D eigenvalue weighted by Gasteiger charge is -2.08. The fourth-order valence-corrected chi connectivity index (χ4v) is 2.60. The van der Waals surface area contributed by atoms with Crippen LogP contribution in [0.4, 0.5) is 0 Å². The number of hydrogen-bond donors (Lipinski definition) is 2. The first-order valence-corrected chi connectivity index (χ1v) is 7.32. The van der Waals surface area contributed by atoms with Gasteiger partial charge in [-0.15, -0.1) is 0 Å². The van der Waals surface area contributed by atoms with Gasteiger partial charge in [0.25, 0.3) is 5.91 Å². The van der Waals surface area contributed by atoms with E-state index in [-0.39, 0.29) is 5.91 Å². The third kappa shape index (κ3) is 3.84. The summed E-state index contributed by atoms with van der Waals surface area (Å²) in [7, 11) is 0. The highest BCUT2D eigenvalue weighted by molar-refractivity contribution is 14.1. The molecule has 100 valence electrons. The Morgan fingerprint density at radius 2 is 2.21 bits per heavy atom. The van der Waals surface area contributed by atoms with Crippen molar-refractivity contribution in [1.29, 1.82) is 0 Å². The number of benzene rings is 1. The van der Waals surface area contributed by atoms with Crippen molar-refractivity contribution >= 4 is 51.7 Å². The van der Waals surface area contributed by atoms with Gasteiger partial charge in [0.15, 0.2) is 0 Å². The number of nitrogens with zero attached hydrogens (tertiary/aromatic N) is 1. The molecule has 0 atom stereocenters. The molecule has 2 N–H and O–H groups in total. The minimum Gasteiger partial charge on any atom is -0.352 e. The summed E-state index contributed by atoms with van der Waals surface area (Å²) in [6.45, 7) is 0.493. The second kappa shape index (κ2) is 6.58. The quantitative estimate of drug-likeness (QED) is 0.601. The van der Waals surface area contributed by atoms with Crippen molar-refractivity contribution in [2.45, 2.75) is 6.42 Å². The van der Waals surface area contributed by atoms with E-state index in [1.807, 2.05) is 22.6 Å². The molecular formula is C12H10Cl2IN3O. The summed E-state index contributed by atoms with van der Waals surface area (Å²) in [5, 5.41) is 3.73. The Morgan fingerprint density at radius 3 is 2.89 bits per heavy atom. The molecule has 0 unspecified atom stereocenters. The molecule has 0 aliphatic carbocycles. The summed E-state index contributed by atoms with van der Waals surface area (Å²) in [4.78, 5) is 19.1. The zero-order valence-corrected chi connectivity index (χ0v) is 13.4. The molecule has 0 radical (unpaired) electrons. The highest BCUT2D eigenvalue weighted by Crippen LogP contribution is 2.26. The maximum atomic E-state index is 12.0. The van der Waals surface area contributed by atoms with Gasteiger partial charge in [0.05, 0.1) is 10.6 Å². The molecule has 4 nitrogen and oxygen atoms in total. The Labute approximate surface area is 134 Å². The molecule has 0 aliphatic heterocycles. The highest BCUT2D eigenvalue weighted by atomic mass is 127. The lowest BCUT2D eigenvalue weighted by atomic mass is 10.2. The van der Waals surface area contributed by atoms with Crippen molar-refractivity contribution in [3.8, 4) is 0 Å². The van der Waals surface area contributed by atoms with Gasteiger partial charge in [-0.1, -0.05) is 23.2 Å². The Hall–Kier alpha value is -0.790. The molecule has 2 rings (SSSR count). The SMILES string of the molecule is O=C(NCCc1ncc[nH]1)c1cc(Cl)cc(Cl)c1I. The van der Waals surface area contributed by atoms with Gasteiger partial charge in [-0.25, -0.2) is 4.98 Å². The standard InChI is InChI=1S/C12H10Cl2IN3O/c13-7-5-8(11(15)9(14)6-7)12(19)18-2-1-10-16-3-4-17-10/h3-6H,1-2H2,(H,16,17)(H,18,19). The van der Waals surface area contributed by atoms with E-state index in [9.17, 15) is 4.79 Å². The molecule has 7 heteroatoms. The van der Waals surface area contributed by atoms with Gasteiger partial charge in [-0.3, -0.25) is 4.79 Å². The number of rotatable bonds is 4. The largest absolute Gasteiger partial charge is 0.352 e. The predicted octanol–water partition coefficient (Wildman–Crippen LogP) is 3.29. The Kier molecular flexibility index (Phi) is 5.06. The second-order valence-electron chi connectivity index (χ2n) is 3.79. The van der Waals surface area contributed by atoms with Crippen LogP contribution in [-0.2, 0) is 6.42 Å². The lowest BCUT2D eigenvalue weighted by molar-refractivity contribution is 0.0953. The Morgan fingerprint density at radius 1 is 1.42 bits per heavy atom. The average molecular weight is 410 g/mol. The number of hydrogen-bond acceptors (Lipinski definition) is 2. The molecule has 0 saturated carbocycles. The van der Waals surface area contributed by atoms with Gasteiger partial charge >= 0.3 is 0 Å². The molecule has 1 amide bonds. The lowest BCUT2D eigenvalue weighted by Crippen LogP contribution is -2.26. The number of imidazole rings is 1. The third-order valence-corrected chi connectivity index (χ3v) is 4.44. The highest BCUT2D eigenvalue weighted by Gasteiger charge is 2.13. The average Bonchev–Trinajstić information content (AvgIpc) is 2.86. The predicted molar refractivity (Wildman–Crippen MR) is 83.8 cm³/mol. The summed E-state index contributed by atoms with van der Waals surface area (Å²) in [6, 6.07) is 3.22. The van der Waals surface area contributed by atoms with E-state index in [1.54, 1.807) is 24.5 Å². The van der Waals surface area contributed by atoms with E-state index in [2.05, 4.69) is 15.3 Å². The maximum Gasteiger partial charge on any atom is 0.252 e. The molecule has 19 heavy (non-hydrogen) atoms. The monoisotopic (exact) mass is 409 g/mol. The topological polar surface area (TPSA) is 57.8 Å². The molecule has 1 aromatic heterocycles. The van der Waals surface area contributed by atoms with E-state index < -0.39 is 0 Å². The number of aromatic nitrogens is 2. The van der Waals surface area contributed by atoms with Gasteiger partial charge < -0.3 is 10.3 Å². The van der Waals surface area contributed by atoms with Crippen LogP contribution in [0.15, 0.2) is 24.5 Å². The third-order valence-electron chi connectivity index (χ3n) is 2.44. The molecule has 0 spiro atoms. The van der Waals surface area contributed by atoms with Crippen LogP contribution in [-0.4, -0.2) is 22.4 Å². The Bertz CT molecular complexity index is 587. The molecule has 2 aromatic rings. The van der Waals surface area contributed by atoms with E-state index in [0.29, 0.717) is 32.1 Å². The van der Waals surface area contributed by atoms with Crippen LogP contribution in [0, 0.1) is 3.57 Å². The molecular weight excluding hydrogens is 400 g/mol. The normalized spacial score (nSPS) is 10.5. The second-order valence-corrected chi connectivity index (χ2v) is 5.71. The van der Waals surface area contributed by atoms with Crippen molar-refractivity contribution in [2.75, 3.05) is 6.54 Å². The van der Waals surface area contributed by atoms with Crippen molar-refractivity contribution in [3.05, 3.63) is 49.5 Å². The van der Waals surface area contributed by atoms with Crippen LogP contribution in [0.5, 0.6) is 0 Å². The first-order chi connectivity index (χ1) is 9.08. The number of carbonyl (C=O) groups is 1. The van der Waals surface area contributed by atoms with E-state index in [4.69, 9.17) is 23.2 Å². The minimum atomic E-state index is -0.194. The number of H-pyrrole nitrogens is 1. The van der Waals surface area contributed by atoms with Gasteiger partial charge in [0.2, 0.25) is 0 Å². The number of nitrogens with one attached hydrogen (secondary N) is 2. The molecule has 1 aromatic carbocycles. The first-order valence-electron chi connectivity index (χ1n) is 5.49. The minimum absolute atomic E-state index is 0.194. The molecule has 0 aliphatic rings. The van der Waals surface area contributed by atoms with Crippen LogP contribution < -0.4 is 5.32 Å². The molecule has 0 fully saturated rings. The van der Waals surface area contributed by atoms with E-state index in [1.165, 1.54) is 0 Å². The van der Waals surface area contributed by atoms with Crippen molar-refractivity contribution in [2.24, 2.45) is 0 Å². The van der Waals surface area contributed by atoms with Crippen LogP contribution in [0.25, 0.3) is 0 Å². The molecule has 1 heterocycles. The van der Waals surface area contributed by atoms with Crippen LogP contribution in [0.1, 0.15) is 16.2 Å². The van der Waals surface area contributed by atoms with Gasteiger partial charge in [0, 0.05) is 34.0 Å². The summed E-state index contributed by atoms with van der Waals surface area (Å²) >= 11 is 13.9. The molecule has 0 saturated heterocycles. The number of carbonyl (C=O) groups excluding carboxylic acids is 1. The Balaban J connectivity index is 2.00. The van der Waals surface area contributed by atoms with E-state index in [0.717, 1.165) is 5.82 Å². The van der Waals surface area contributed by atoms with Crippen LogP contribution in [0.2, 0.25) is 10.0 Å². The maximum absolute atomic E-state index is 12.0. The smallest absolute Gasteiger partial charge is 0.252 e. The summed E-state index contributed by atoms with van der Waals surface area (Å²) in [6.07, 6.45) is 4.07. The number of halogens is 3. The zero-order chi connectivity index (χ0) is 13.8. The number of amides is 1. The zero-order valence-electron chi connectivity index (χ0n) is 9.71. The summed E-state index contributed by atoms with van der Waals surface area (Å²) in [5.41, 5.74) is 0.484. The van der Waals surface area contributed by atoms with Gasteiger partial charge in [0.1, 0.15) is 5.82 Å². The summed E-state index contributed by atoms with van der Waals surface area (Å²) in [5.74, 6) is 0.638. The van der Waals surface area contributed by atoms with Crippen LogP contribution in [0.3, 0.4) is 0 Å². The number of aromatic amines is 1. The van der Waals surface area contributed by atoms with Gasteiger partial charge in [-0.2, -0.15) is 0 Å². The first kappa shape index (κ1) is 14.6. The fraction of sp³-hybridized carbons (Fsp3) is 0.167.